The molecule has 0 spiro atoms. The number of esters is 1. The van der Waals surface area contributed by atoms with Crippen LogP contribution in [0.15, 0.2) is 47.0 Å². The highest BCUT2D eigenvalue weighted by atomic mass is 35.5. The molecule has 0 radical (unpaired) electrons. The zero-order chi connectivity index (χ0) is 19.5. The summed E-state index contributed by atoms with van der Waals surface area (Å²) >= 11 is 5.88. The largest absolute Gasteiger partial charge is 0.493 e. The molecule has 2 aromatic carbocycles. The van der Waals surface area contributed by atoms with Crippen molar-refractivity contribution >= 4 is 17.6 Å². The van der Waals surface area contributed by atoms with Crippen molar-refractivity contribution in [1.29, 1.82) is 0 Å². The number of rotatable bonds is 5. The number of nitrogens with zero attached hydrogens (tertiary/aromatic N) is 1. The van der Waals surface area contributed by atoms with Crippen LogP contribution in [0.3, 0.4) is 0 Å². The summed E-state index contributed by atoms with van der Waals surface area (Å²) in [7, 11) is 1.49. The van der Waals surface area contributed by atoms with Gasteiger partial charge in [0.15, 0.2) is 23.9 Å². The molecule has 0 N–H and O–H groups in total. The third kappa shape index (κ3) is 3.75. The summed E-state index contributed by atoms with van der Waals surface area (Å²) in [5.74, 6) is 1.61. The SMILES string of the molecule is COc1cc(C(=O)OCc2ncc(-c3ccc(Cl)cc3)o2)cc2c1OCCO2. The van der Waals surface area contributed by atoms with Crippen LogP contribution < -0.4 is 14.2 Å². The van der Waals surface area contributed by atoms with Crippen molar-refractivity contribution in [2.24, 2.45) is 0 Å². The standard InChI is InChI=1S/C20H16ClNO6/c1-24-15-8-13(9-16-19(15)26-7-6-25-16)20(23)27-11-18-22-10-17(28-18)12-2-4-14(21)5-3-12/h2-5,8-10H,6-7,11H2,1H3. The van der Waals surface area contributed by atoms with E-state index in [1.165, 1.54) is 7.11 Å². The van der Waals surface area contributed by atoms with E-state index in [4.69, 9.17) is 35.0 Å². The lowest BCUT2D eigenvalue weighted by molar-refractivity contribution is 0.0437. The highest BCUT2D eigenvalue weighted by Crippen LogP contribution is 2.40. The Morgan fingerprint density at radius 1 is 1.18 bits per heavy atom. The third-order valence-electron chi connectivity index (χ3n) is 4.07. The molecule has 8 heteroatoms. The molecular formula is C20H16ClNO6. The lowest BCUT2D eigenvalue weighted by Gasteiger charge is -2.21. The van der Waals surface area contributed by atoms with Crippen LogP contribution in [0, 0.1) is 0 Å². The van der Waals surface area contributed by atoms with Crippen LogP contribution >= 0.6 is 11.6 Å². The van der Waals surface area contributed by atoms with E-state index >= 15 is 0 Å². The average molecular weight is 402 g/mol. The Hall–Kier alpha value is -3.19. The highest BCUT2D eigenvalue weighted by molar-refractivity contribution is 6.30. The molecule has 4 rings (SSSR count). The number of carbonyl (C=O) groups excluding carboxylic acids is 1. The molecule has 0 amide bonds. The van der Waals surface area contributed by atoms with Crippen LogP contribution in [0.1, 0.15) is 16.2 Å². The van der Waals surface area contributed by atoms with Crippen molar-refractivity contribution in [3.8, 4) is 28.6 Å². The number of hydrogen-bond acceptors (Lipinski definition) is 7. The van der Waals surface area contributed by atoms with E-state index in [0.717, 1.165) is 5.56 Å². The Morgan fingerprint density at radius 2 is 1.96 bits per heavy atom. The van der Waals surface area contributed by atoms with Crippen molar-refractivity contribution in [3.05, 3.63) is 59.1 Å². The van der Waals surface area contributed by atoms with Crippen molar-refractivity contribution < 1.29 is 28.2 Å². The number of halogens is 1. The Bertz CT molecular complexity index is 981. The van der Waals surface area contributed by atoms with E-state index in [9.17, 15) is 4.79 Å². The van der Waals surface area contributed by atoms with Crippen molar-refractivity contribution in [2.75, 3.05) is 20.3 Å². The molecule has 0 saturated carbocycles. The summed E-state index contributed by atoms with van der Waals surface area (Å²) in [6, 6.07) is 10.3. The minimum atomic E-state index is -0.554. The topological polar surface area (TPSA) is 80.0 Å². The highest BCUT2D eigenvalue weighted by Gasteiger charge is 2.22. The quantitative estimate of drug-likeness (QED) is 0.594. The van der Waals surface area contributed by atoms with Gasteiger partial charge in [-0.1, -0.05) is 11.6 Å². The fraction of sp³-hybridized carbons (Fsp3) is 0.200. The van der Waals surface area contributed by atoms with Crippen LogP contribution in [0.2, 0.25) is 5.02 Å². The number of fused-ring (bicyclic) bond motifs is 1. The molecule has 1 aliphatic rings. The molecule has 0 fully saturated rings. The summed E-state index contributed by atoms with van der Waals surface area (Å²) in [6.45, 7) is 0.717. The maximum absolute atomic E-state index is 12.4. The number of aromatic nitrogens is 1. The summed E-state index contributed by atoms with van der Waals surface area (Å²) < 4.78 is 27.3. The van der Waals surface area contributed by atoms with Crippen molar-refractivity contribution in [2.45, 2.75) is 6.61 Å². The van der Waals surface area contributed by atoms with E-state index in [2.05, 4.69) is 4.98 Å². The predicted octanol–water partition coefficient (Wildman–Crippen LogP) is 4.13. The van der Waals surface area contributed by atoms with Crippen molar-refractivity contribution in [1.82, 2.24) is 4.98 Å². The van der Waals surface area contributed by atoms with Crippen LogP contribution in [0.5, 0.6) is 17.2 Å². The minimum absolute atomic E-state index is 0.108. The van der Waals surface area contributed by atoms with Crippen LogP contribution in [0.4, 0.5) is 0 Å². The second-order valence-corrected chi connectivity index (χ2v) is 6.34. The number of benzene rings is 2. The molecule has 1 aliphatic heterocycles. The van der Waals surface area contributed by atoms with E-state index in [1.54, 1.807) is 30.5 Å². The molecular weight excluding hydrogens is 386 g/mol. The molecule has 144 valence electrons. The van der Waals surface area contributed by atoms with Gasteiger partial charge in [-0.15, -0.1) is 0 Å². The predicted molar refractivity (Wildman–Crippen MR) is 100 cm³/mol. The van der Waals surface area contributed by atoms with Gasteiger partial charge in [0.1, 0.15) is 13.2 Å². The Labute approximate surface area is 165 Å². The van der Waals surface area contributed by atoms with Gasteiger partial charge >= 0.3 is 5.97 Å². The van der Waals surface area contributed by atoms with Gasteiger partial charge in [-0.2, -0.15) is 0 Å². The normalized spacial score (nSPS) is 12.5. The first kappa shape index (κ1) is 18.2. The fourth-order valence-corrected chi connectivity index (χ4v) is 2.85. The molecule has 0 aliphatic carbocycles. The summed E-state index contributed by atoms with van der Waals surface area (Å²) in [4.78, 5) is 16.6. The number of oxazole rings is 1. The van der Waals surface area contributed by atoms with Gasteiger partial charge in [0.05, 0.1) is 18.9 Å². The first-order valence-corrected chi connectivity index (χ1v) is 8.87. The molecule has 0 saturated heterocycles. The second kappa shape index (κ2) is 7.82. The fourth-order valence-electron chi connectivity index (χ4n) is 2.73. The third-order valence-corrected chi connectivity index (χ3v) is 4.32. The molecule has 28 heavy (non-hydrogen) atoms. The number of hydrogen-bond donors (Lipinski definition) is 0. The lowest BCUT2D eigenvalue weighted by Crippen LogP contribution is -2.17. The summed E-state index contributed by atoms with van der Waals surface area (Å²) in [6.07, 6.45) is 1.57. The van der Waals surface area contributed by atoms with Gasteiger partial charge in [-0.25, -0.2) is 9.78 Å². The van der Waals surface area contributed by atoms with E-state index < -0.39 is 5.97 Å². The average Bonchev–Trinajstić information content (AvgIpc) is 3.20. The molecule has 0 bridgehead atoms. The maximum atomic E-state index is 12.4. The number of carbonyl (C=O) groups is 1. The zero-order valence-corrected chi connectivity index (χ0v) is 15.7. The summed E-state index contributed by atoms with van der Waals surface area (Å²) in [5.41, 5.74) is 1.11. The summed E-state index contributed by atoms with van der Waals surface area (Å²) in [5, 5.41) is 0.632. The van der Waals surface area contributed by atoms with E-state index in [0.29, 0.717) is 41.2 Å². The first-order chi connectivity index (χ1) is 13.6. The van der Waals surface area contributed by atoms with Gasteiger partial charge in [0, 0.05) is 10.6 Å². The number of methoxy groups -OCH3 is 1. The molecule has 2 heterocycles. The van der Waals surface area contributed by atoms with E-state index in [1.807, 2.05) is 12.1 Å². The van der Waals surface area contributed by atoms with Gasteiger partial charge in [0.2, 0.25) is 11.6 Å². The maximum Gasteiger partial charge on any atom is 0.338 e. The Balaban J connectivity index is 1.45. The molecule has 0 unspecified atom stereocenters. The van der Waals surface area contributed by atoms with Gasteiger partial charge in [-0.05, 0) is 36.4 Å². The van der Waals surface area contributed by atoms with Crippen LogP contribution in [0.25, 0.3) is 11.3 Å². The minimum Gasteiger partial charge on any atom is -0.493 e. The molecule has 1 aromatic heterocycles. The Kier molecular flexibility index (Phi) is 5.08. The zero-order valence-electron chi connectivity index (χ0n) is 14.9. The van der Waals surface area contributed by atoms with Crippen LogP contribution in [-0.2, 0) is 11.3 Å². The molecule has 7 nitrogen and oxygen atoms in total. The van der Waals surface area contributed by atoms with Gasteiger partial charge < -0.3 is 23.4 Å². The monoisotopic (exact) mass is 401 g/mol. The number of ether oxygens (including phenoxy) is 4. The van der Waals surface area contributed by atoms with Crippen LogP contribution in [-0.4, -0.2) is 31.3 Å². The smallest absolute Gasteiger partial charge is 0.338 e. The second-order valence-electron chi connectivity index (χ2n) is 5.90. The Morgan fingerprint density at radius 3 is 2.75 bits per heavy atom. The van der Waals surface area contributed by atoms with E-state index in [-0.39, 0.29) is 18.1 Å². The van der Waals surface area contributed by atoms with Crippen molar-refractivity contribution in [3.63, 3.8) is 0 Å². The van der Waals surface area contributed by atoms with Gasteiger partial charge in [-0.3, -0.25) is 0 Å². The molecule has 0 atom stereocenters. The lowest BCUT2D eigenvalue weighted by atomic mass is 10.1. The molecule has 3 aromatic rings. The van der Waals surface area contributed by atoms with Gasteiger partial charge in [0.25, 0.3) is 0 Å². The first-order valence-electron chi connectivity index (χ1n) is 8.49.